The third kappa shape index (κ3) is 5.29. The van der Waals surface area contributed by atoms with Crippen LogP contribution in [0.25, 0.3) is 0 Å². The van der Waals surface area contributed by atoms with Gasteiger partial charge in [0.2, 0.25) is 11.8 Å². The summed E-state index contributed by atoms with van der Waals surface area (Å²) >= 11 is 3.15. The Morgan fingerprint density at radius 3 is 2.47 bits per heavy atom. The average Bonchev–Trinajstić information content (AvgIpc) is 2.23. The molecule has 1 aromatic rings. The highest BCUT2D eigenvalue weighted by Crippen LogP contribution is 2.21. The number of carbonyl (C=O) groups excluding carboxylic acids is 2. The minimum absolute atomic E-state index is 0.303. The van der Waals surface area contributed by atoms with Crippen LogP contribution in [0.5, 0.6) is 0 Å². The van der Waals surface area contributed by atoms with Crippen LogP contribution in [0.15, 0.2) is 28.7 Å². The normalized spacial score (nSPS) is 12.8. The summed E-state index contributed by atoms with van der Waals surface area (Å²) in [6, 6.07) is 4.91. The van der Waals surface area contributed by atoms with E-state index in [-0.39, 0.29) is 0 Å². The quantitative estimate of drug-likeness (QED) is 0.881. The molecule has 0 heterocycles. The van der Waals surface area contributed by atoms with Gasteiger partial charge >= 0.3 is 6.18 Å². The molecule has 0 spiro atoms. The SMILES string of the molecule is NC(=O)C(NC(=O)CC(F)(F)F)c1cccc(Br)c1. The number of nitrogens with one attached hydrogen (secondary N) is 1. The van der Waals surface area contributed by atoms with Gasteiger partial charge in [-0.15, -0.1) is 0 Å². The first kappa shape index (κ1) is 15.5. The lowest BCUT2D eigenvalue weighted by Crippen LogP contribution is -2.39. The Labute approximate surface area is 115 Å². The van der Waals surface area contributed by atoms with E-state index < -0.39 is 30.5 Å². The molecule has 0 saturated heterocycles. The maximum atomic E-state index is 12.0. The predicted octanol–water partition coefficient (Wildman–Crippen LogP) is 2.04. The van der Waals surface area contributed by atoms with Gasteiger partial charge in [-0.2, -0.15) is 13.2 Å². The molecular weight excluding hydrogens is 329 g/mol. The van der Waals surface area contributed by atoms with Crippen molar-refractivity contribution in [3.63, 3.8) is 0 Å². The Kier molecular flexibility index (Phi) is 4.93. The van der Waals surface area contributed by atoms with Crippen molar-refractivity contribution in [2.45, 2.75) is 18.6 Å². The number of alkyl halides is 3. The number of nitrogens with two attached hydrogens (primary N) is 1. The highest BCUT2D eigenvalue weighted by atomic mass is 79.9. The third-order valence-corrected chi connectivity index (χ3v) is 2.63. The lowest BCUT2D eigenvalue weighted by Gasteiger charge is -2.16. The minimum atomic E-state index is -4.64. The zero-order chi connectivity index (χ0) is 14.6. The van der Waals surface area contributed by atoms with Crippen LogP contribution >= 0.6 is 15.9 Å². The zero-order valence-electron chi connectivity index (χ0n) is 9.50. The Hall–Kier alpha value is -1.57. The van der Waals surface area contributed by atoms with E-state index in [2.05, 4.69) is 15.9 Å². The van der Waals surface area contributed by atoms with Crippen LogP contribution in [-0.2, 0) is 9.59 Å². The number of halogens is 4. The first-order valence-electron chi connectivity index (χ1n) is 5.10. The van der Waals surface area contributed by atoms with Crippen molar-refractivity contribution in [2.75, 3.05) is 0 Å². The van der Waals surface area contributed by atoms with Crippen molar-refractivity contribution in [3.8, 4) is 0 Å². The van der Waals surface area contributed by atoms with Gasteiger partial charge < -0.3 is 11.1 Å². The van der Waals surface area contributed by atoms with Crippen LogP contribution in [0, 0.1) is 0 Å². The molecule has 0 aliphatic heterocycles. The summed E-state index contributed by atoms with van der Waals surface area (Å²) < 4.78 is 36.7. The second-order valence-corrected chi connectivity index (χ2v) is 4.67. The number of primary amides is 1. The monoisotopic (exact) mass is 338 g/mol. The number of hydrogen-bond acceptors (Lipinski definition) is 2. The summed E-state index contributed by atoms with van der Waals surface area (Å²) in [6.07, 6.45) is -6.30. The summed E-state index contributed by atoms with van der Waals surface area (Å²) in [5.74, 6) is -2.25. The summed E-state index contributed by atoms with van der Waals surface area (Å²) in [6.45, 7) is 0. The third-order valence-electron chi connectivity index (χ3n) is 2.13. The fourth-order valence-corrected chi connectivity index (χ4v) is 1.82. The molecule has 3 N–H and O–H groups in total. The lowest BCUT2D eigenvalue weighted by molar-refractivity contribution is -0.155. The lowest BCUT2D eigenvalue weighted by atomic mass is 10.1. The average molecular weight is 339 g/mol. The molecule has 0 bridgehead atoms. The molecule has 0 radical (unpaired) electrons. The van der Waals surface area contributed by atoms with E-state index in [1.807, 2.05) is 5.32 Å². The van der Waals surface area contributed by atoms with E-state index in [9.17, 15) is 22.8 Å². The second kappa shape index (κ2) is 6.05. The molecular formula is C11H10BrF3N2O2. The first-order chi connectivity index (χ1) is 8.69. The van der Waals surface area contributed by atoms with Gasteiger partial charge in [-0.3, -0.25) is 9.59 Å². The molecule has 0 saturated carbocycles. The summed E-state index contributed by atoms with van der Waals surface area (Å²) in [4.78, 5) is 22.4. The maximum absolute atomic E-state index is 12.0. The Balaban J connectivity index is 2.85. The van der Waals surface area contributed by atoms with Crippen LogP contribution < -0.4 is 11.1 Å². The molecule has 0 fully saturated rings. The Bertz CT molecular complexity index is 491. The number of hydrogen-bond donors (Lipinski definition) is 2. The van der Waals surface area contributed by atoms with Gasteiger partial charge in [0.1, 0.15) is 12.5 Å². The van der Waals surface area contributed by atoms with Crippen molar-refractivity contribution in [1.82, 2.24) is 5.32 Å². The Morgan fingerprint density at radius 2 is 2.00 bits per heavy atom. The van der Waals surface area contributed by atoms with E-state index in [1.54, 1.807) is 12.1 Å². The second-order valence-electron chi connectivity index (χ2n) is 3.75. The molecule has 1 unspecified atom stereocenters. The molecule has 1 aromatic carbocycles. The van der Waals surface area contributed by atoms with E-state index >= 15 is 0 Å². The highest BCUT2D eigenvalue weighted by Gasteiger charge is 2.33. The van der Waals surface area contributed by atoms with E-state index in [1.165, 1.54) is 12.1 Å². The standard InChI is InChI=1S/C11H10BrF3N2O2/c12-7-3-1-2-6(4-7)9(10(16)19)17-8(18)5-11(13,14)15/h1-4,9H,5H2,(H2,16,19)(H,17,18). The Morgan fingerprint density at radius 1 is 1.37 bits per heavy atom. The fourth-order valence-electron chi connectivity index (χ4n) is 1.40. The topological polar surface area (TPSA) is 72.2 Å². The molecule has 0 aliphatic carbocycles. The van der Waals surface area contributed by atoms with Gasteiger partial charge in [-0.05, 0) is 17.7 Å². The molecule has 1 atom stereocenters. The van der Waals surface area contributed by atoms with Gasteiger partial charge in [-0.25, -0.2) is 0 Å². The number of amides is 2. The smallest absolute Gasteiger partial charge is 0.368 e. The van der Waals surface area contributed by atoms with Crippen LogP contribution in [0.4, 0.5) is 13.2 Å². The number of carbonyl (C=O) groups is 2. The van der Waals surface area contributed by atoms with Crippen molar-refractivity contribution in [1.29, 1.82) is 0 Å². The molecule has 0 aromatic heterocycles. The molecule has 4 nitrogen and oxygen atoms in total. The predicted molar refractivity (Wildman–Crippen MR) is 64.9 cm³/mol. The van der Waals surface area contributed by atoms with Gasteiger partial charge in [0, 0.05) is 4.47 Å². The molecule has 0 aliphatic rings. The molecule has 8 heteroatoms. The van der Waals surface area contributed by atoms with Gasteiger partial charge in [0.05, 0.1) is 0 Å². The van der Waals surface area contributed by atoms with Crippen LogP contribution in [-0.4, -0.2) is 18.0 Å². The molecule has 2 amide bonds. The largest absolute Gasteiger partial charge is 0.397 e. The summed E-state index contributed by atoms with van der Waals surface area (Å²) in [5.41, 5.74) is 5.38. The van der Waals surface area contributed by atoms with E-state index in [0.29, 0.717) is 10.0 Å². The molecule has 1 rings (SSSR count). The number of benzene rings is 1. The van der Waals surface area contributed by atoms with E-state index in [4.69, 9.17) is 5.73 Å². The number of rotatable bonds is 4. The minimum Gasteiger partial charge on any atom is -0.368 e. The van der Waals surface area contributed by atoms with Crippen LogP contribution in [0.1, 0.15) is 18.0 Å². The highest BCUT2D eigenvalue weighted by molar-refractivity contribution is 9.10. The summed E-state index contributed by atoms with van der Waals surface area (Å²) in [7, 11) is 0. The van der Waals surface area contributed by atoms with Gasteiger partial charge in [-0.1, -0.05) is 28.1 Å². The summed E-state index contributed by atoms with van der Waals surface area (Å²) in [5, 5.41) is 1.96. The fraction of sp³-hybridized carbons (Fsp3) is 0.273. The van der Waals surface area contributed by atoms with Gasteiger partial charge in [0.25, 0.3) is 0 Å². The van der Waals surface area contributed by atoms with E-state index in [0.717, 1.165) is 0 Å². The van der Waals surface area contributed by atoms with Crippen molar-refractivity contribution in [3.05, 3.63) is 34.3 Å². The maximum Gasteiger partial charge on any atom is 0.397 e. The van der Waals surface area contributed by atoms with Gasteiger partial charge in [0.15, 0.2) is 0 Å². The molecule has 104 valence electrons. The van der Waals surface area contributed by atoms with Crippen molar-refractivity contribution in [2.24, 2.45) is 5.73 Å². The van der Waals surface area contributed by atoms with Crippen molar-refractivity contribution >= 4 is 27.7 Å². The van der Waals surface area contributed by atoms with Crippen LogP contribution in [0.3, 0.4) is 0 Å². The zero-order valence-corrected chi connectivity index (χ0v) is 11.1. The van der Waals surface area contributed by atoms with Crippen LogP contribution in [0.2, 0.25) is 0 Å². The first-order valence-corrected chi connectivity index (χ1v) is 5.89. The molecule has 19 heavy (non-hydrogen) atoms. The van der Waals surface area contributed by atoms with Crippen molar-refractivity contribution < 1.29 is 22.8 Å².